The van der Waals surface area contributed by atoms with E-state index in [1.165, 1.54) is 6.92 Å². The van der Waals surface area contributed by atoms with Crippen LogP contribution < -0.4 is 0 Å². The molecule has 1 fully saturated rings. The number of hydrogen-bond donors (Lipinski definition) is 0. The van der Waals surface area contributed by atoms with Gasteiger partial charge in [0.25, 0.3) is 0 Å². The smallest absolute Gasteiger partial charge is 0.305 e. The number of benzene rings is 3. The van der Waals surface area contributed by atoms with Crippen LogP contribution in [-0.2, 0) is 48.3 Å². The van der Waals surface area contributed by atoms with Crippen molar-refractivity contribution in [3.8, 4) is 0 Å². The summed E-state index contributed by atoms with van der Waals surface area (Å²) in [6, 6.07) is 29.7. The van der Waals surface area contributed by atoms with Gasteiger partial charge < -0.3 is 23.7 Å². The van der Waals surface area contributed by atoms with Crippen LogP contribution in [-0.4, -0.2) is 36.7 Å². The summed E-state index contributed by atoms with van der Waals surface area (Å²) in [7, 11) is 0. The zero-order valence-electron chi connectivity index (χ0n) is 20.1. The molecule has 0 aromatic heterocycles. The second kappa shape index (κ2) is 12.6. The van der Waals surface area contributed by atoms with E-state index in [2.05, 4.69) is 0 Å². The lowest BCUT2D eigenvalue weighted by Crippen LogP contribution is -2.60. The highest BCUT2D eigenvalue weighted by Crippen LogP contribution is 2.31. The Labute approximate surface area is 206 Å². The molecule has 0 N–H and O–H groups in total. The first-order valence-corrected chi connectivity index (χ1v) is 11.9. The molecule has 184 valence electrons. The minimum Gasteiger partial charge on any atom is -0.433 e. The molecule has 1 aliphatic rings. The van der Waals surface area contributed by atoms with Crippen molar-refractivity contribution in [2.75, 3.05) is 0 Å². The maximum Gasteiger partial charge on any atom is 0.305 e. The normalized spacial score (nSPS) is 24.1. The second-order valence-electron chi connectivity index (χ2n) is 8.60. The van der Waals surface area contributed by atoms with E-state index >= 15 is 0 Å². The van der Waals surface area contributed by atoms with E-state index in [1.54, 1.807) is 0 Å². The van der Waals surface area contributed by atoms with E-state index in [-0.39, 0.29) is 6.10 Å². The molecular formula is C29H32O6. The minimum absolute atomic E-state index is 0.317. The Morgan fingerprint density at radius 2 is 1.06 bits per heavy atom. The van der Waals surface area contributed by atoms with Crippen LogP contribution in [0.3, 0.4) is 0 Å². The number of carbonyl (C=O) groups excluding carboxylic acids is 1. The number of rotatable bonds is 10. The third-order valence-electron chi connectivity index (χ3n) is 5.87. The molecule has 5 atom stereocenters. The lowest BCUT2D eigenvalue weighted by molar-refractivity contribution is -0.311. The van der Waals surface area contributed by atoms with Gasteiger partial charge in [0.15, 0.2) is 0 Å². The average molecular weight is 477 g/mol. The summed E-state index contributed by atoms with van der Waals surface area (Å²) in [6.45, 7) is 4.34. The van der Waals surface area contributed by atoms with Crippen molar-refractivity contribution < 1.29 is 28.5 Å². The Kier molecular flexibility index (Phi) is 9.03. The monoisotopic (exact) mass is 476 g/mol. The molecule has 1 saturated heterocycles. The van der Waals surface area contributed by atoms with Gasteiger partial charge in [0.2, 0.25) is 6.29 Å². The molecule has 0 spiro atoms. The van der Waals surface area contributed by atoms with Crippen LogP contribution in [0.15, 0.2) is 91.0 Å². The predicted molar refractivity (Wildman–Crippen MR) is 131 cm³/mol. The Morgan fingerprint density at radius 1 is 0.657 bits per heavy atom. The van der Waals surface area contributed by atoms with Crippen LogP contribution in [0.1, 0.15) is 30.5 Å². The summed E-state index contributed by atoms with van der Waals surface area (Å²) >= 11 is 0. The van der Waals surface area contributed by atoms with Crippen molar-refractivity contribution in [1.82, 2.24) is 0 Å². The molecule has 1 unspecified atom stereocenters. The summed E-state index contributed by atoms with van der Waals surface area (Å²) in [5.41, 5.74) is 3.07. The number of carbonyl (C=O) groups is 1. The zero-order chi connectivity index (χ0) is 24.5. The molecule has 35 heavy (non-hydrogen) atoms. The summed E-state index contributed by atoms with van der Waals surface area (Å²) in [5, 5.41) is 0. The van der Waals surface area contributed by atoms with E-state index in [0.29, 0.717) is 19.8 Å². The SMILES string of the molecule is CC(=O)OC1O[C@@H](C)[C@@H](OCc2ccccc2)[C@@H](OCc2ccccc2)[C@@H]1OCc1ccccc1. The van der Waals surface area contributed by atoms with Crippen molar-refractivity contribution in [2.45, 2.75) is 64.4 Å². The number of hydrogen-bond acceptors (Lipinski definition) is 6. The Morgan fingerprint density at radius 3 is 1.49 bits per heavy atom. The molecule has 0 bridgehead atoms. The van der Waals surface area contributed by atoms with Crippen molar-refractivity contribution in [3.05, 3.63) is 108 Å². The lowest BCUT2D eigenvalue weighted by Gasteiger charge is -2.44. The van der Waals surface area contributed by atoms with Crippen LogP contribution in [0.4, 0.5) is 0 Å². The molecule has 1 heterocycles. The van der Waals surface area contributed by atoms with Crippen LogP contribution in [0, 0.1) is 0 Å². The van der Waals surface area contributed by atoms with Gasteiger partial charge in [-0.2, -0.15) is 0 Å². The fourth-order valence-corrected chi connectivity index (χ4v) is 4.13. The standard InChI is InChI=1S/C29H32O6/c1-21-26(31-18-23-12-6-3-7-13-23)27(32-19-24-14-8-4-9-15-24)28(29(34-21)35-22(2)30)33-20-25-16-10-5-11-17-25/h3-17,21,26-29H,18-20H2,1-2H3/t21-,26+,27+,28-,29?/m0/s1. The minimum atomic E-state index is -0.913. The molecule has 1 aliphatic heterocycles. The van der Waals surface area contributed by atoms with Crippen molar-refractivity contribution >= 4 is 5.97 Å². The van der Waals surface area contributed by atoms with Crippen LogP contribution in [0.25, 0.3) is 0 Å². The molecule has 3 aromatic rings. The molecule has 3 aromatic carbocycles. The van der Waals surface area contributed by atoms with Crippen molar-refractivity contribution in [1.29, 1.82) is 0 Å². The molecular weight excluding hydrogens is 444 g/mol. The van der Waals surface area contributed by atoms with E-state index in [0.717, 1.165) is 16.7 Å². The molecule has 0 saturated carbocycles. The maximum absolute atomic E-state index is 11.9. The van der Waals surface area contributed by atoms with E-state index in [1.807, 2.05) is 97.9 Å². The molecule has 6 nitrogen and oxygen atoms in total. The Hall–Kier alpha value is -3.03. The summed E-state index contributed by atoms with van der Waals surface area (Å²) in [6.07, 6.45) is -2.95. The first kappa shape index (κ1) is 25.1. The Balaban J connectivity index is 1.57. The molecule has 0 radical (unpaired) electrons. The van der Waals surface area contributed by atoms with Crippen LogP contribution >= 0.6 is 0 Å². The van der Waals surface area contributed by atoms with Crippen LogP contribution in [0.2, 0.25) is 0 Å². The quantitative estimate of drug-likeness (QED) is 0.382. The lowest BCUT2D eigenvalue weighted by atomic mass is 9.98. The van der Waals surface area contributed by atoms with Gasteiger partial charge in [-0.25, -0.2) is 0 Å². The largest absolute Gasteiger partial charge is 0.433 e. The summed E-state index contributed by atoms with van der Waals surface area (Å²) < 4.78 is 30.7. The van der Waals surface area contributed by atoms with Crippen molar-refractivity contribution in [2.24, 2.45) is 0 Å². The molecule has 6 heteroatoms. The van der Waals surface area contributed by atoms with Gasteiger partial charge >= 0.3 is 5.97 Å². The van der Waals surface area contributed by atoms with Crippen molar-refractivity contribution in [3.63, 3.8) is 0 Å². The number of ether oxygens (including phenoxy) is 5. The zero-order valence-corrected chi connectivity index (χ0v) is 20.1. The van der Waals surface area contributed by atoms with E-state index < -0.39 is 30.6 Å². The van der Waals surface area contributed by atoms with Gasteiger partial charge in [0.1, 0.15) is 18.3 Å². The van der Waals surface area contributed by atoms with Gasteiger partial charge in [0.05, 0.1) is 25.9 Å². The third kappa shape index (κ3) is 7.23. The third-order valence-corrected chi connectivity index (χ3v) is 5.87. The highest BCUT2D eigenvalue weighted by molar-refractivity contribution is 5.66. The first-order valence-electron chi connectivity index (χ1n) is 11.9. The average Bonchev–Trinajstić information content (AvgIpc) is 2.88. The van der Waals surface area contributed by atoms with Gasteiger partial charge in [-0.3, -0.25) is 4.79 Å². The first-order chi connectivity index (χ1) is 17.1. The summed E-state index contributed by atoms with van der Waals surface area (Å²) in [4.78, 5) is 11.9. The van der Waals surface area contributed by atoms with Gasteiger partial charge in [0, 0.05) is 6.92 Å². The topological polar surface area (TPSA) is 63.2 Å². The van der Waals surface area contributed by atoms with Gasteiger partial charge in [-0.15, -0.1) is 0 Å². The fourth-order valence-electron chi connectivity index (χ4n) is 4.13. The summed E-state index contributed by atoms with van der Waals surface area (Å²) in [5.74, 6) is -0.444. The van der Waals surface area contributed by atoms with E-state index in [4.69, 9.17) is 23.7 Å². The second-order valence-corrected chi connectivity index (χ2v) is 8.60. The molecule has 4 rings (SSSR count). The Bertz CT molecular complexity index is 1030. The fraction of sp³-hybridized carbons (Fsp3) is 0.345. The van der Waals surface area contributed by atoms with E-state index in [9.17, 15) is 4.79 Å². The molecule has 0 aliphatic carbocycles. The highest BCUT2D eigenvalue weighted by Gasteiger charge is 2.48. The predicted octanol–water partition coefficient (Wildman–Crippen LogP) is 5.05. The maximum atomic E-state index is 11.9. The van der Waals surface area contributed by atoms with Gasteiger partial charge in [-0.1, -0.05) is 91.0 Å². The number of esters is 1. The van der Waals surface area contributed by atoms with Gasteiger partial charge in [-0.05, 0) is 23.6 Å². The molecule has 0 amide bonds. The highest BCUT2D eigenvalue weighted by atomic mass is 16.7. The van der Waals surface area contributed by atoms with Crippen LogP contribution in [0.5, 0.6) is 0 Å².